The summed E-state index contributed by atoms with van der Waals surface area (Å²) in [7, 11) is -3.95. The van der Waals surface area contributed by atoms with Gasteiger partial charge in [-0.1, -0.05) is 6.07 Å². The van der Waals surface area contributed by atoms with Gasteiger partial charge in [-0.15, -0.1) is 0 Å². The van der Waals surface area contributed by atoms with Crippen molar-refractivity contribution in [3.05, 3.63) is 51.6 Å². The zero-order chi connectivity index (χ0) is 22.2. The van der Waals surface area contributed by atoms with Crippen molar-refractivity contribution in [2.24, 2.45) is 0 Å². The zero-order valence-electron chi connectivity index (χ0n) is 16.7. The topological polar surface area (TPSA) is 139 Å². The number of ketones is 1. The molecule has 2 aromatic rings. The molecule has 1 saturated carbocycles. The van der Waals surface area contributed by atoms with Crippen LogP contribution in [0.25, 0.3) is 0 Å². The van der Waals surface area contributed by atoms with Gasteiger partial charge in [-0.05, 0) is 47.4 Å². The number of rotatable bonds is 7. The van der Waals surface area contributed by atoms with E-state index in [-0.39, 0.29) is 41.1 Å². The van der Waals surface area contributed by atoms with Crippen LogP contribution in [0.1, 0.15) is 54.1 Å². The van der Waals surface area contributed by atoms with Crippen molar-refractivity contribution in [2.45, 2.75) is 44.7 Å². The number of hydrogen-bond donors (Lipinski definition) is 0. The Morgan fingerprint density at radius 2 is 1.97 bits per heavy atom. The van der Waals surface area contributed by atoms with Crippen LogP contribution >= 0.6 is 0 Å². The number of nitrogens with zero attached hydrogens (tertiary/aromatic N) is 4. The first-order valence-corrected chi connectivity index (χ1v) is 11.5. The molecular formula is C19H20N4O7S. The van der Waals surface area contributed by atoms with Crippen molar-refractivity contribution < 1.29 is 26.9 Å². The smallest absolute Gasteiger partial charge is 0.364 e. The van der Waals surface area contributed by atoms with Crippen molar-refractivity contribution in [3.63, 3.8) is 0 Å². The van der Waals surface area contributed by atoms with E-state index in [0.717, 1.165) is 23.8 Å². The second-order valence-electron chi connectivity index (χ2n) is 7.53. The van der Waals surface area contributed by atoms with Crippen LogP contribution in [0.5, 0.6) is 5.75 Å². The predicted octanol–water partition coefficient (Wildman–Crippen LogP) is 0.955. The molecule has 0 unspecified atom stereocenters. The summed E-state index contributed by atoms with van der Waals surface area (Å²) in [4.78, 5) is 36.5. The number of hydrogen-bond acceptors (Lipinski definition) is 9. The van der Waals surface area contributed by atoms with E-state index in [9.17, 15) is 22.8 Å². The molecule has 2 aliphatic carbocycles. The molecule has 2 aliphatic rings. The van der Waals surface area contributed by atoms with E-state index in [4.69, 9.17) is 8.92 Å². The lowest BCUT2D eigenvalue weighted by atomic mass is 10.1. The molecule has 0 amide bonds. The lowest BCUT2D eigenvalue weighted by Gasteiger charge is -2.14. The molecule has 0 N–H and O–H groups in total. The highest BCUT2D eigenvalue weighted by Gasteiger charge is 2.28. The van der Waals surface area contributed by atoms with Gasteiger partial charge in [0, 0.05) is 18.9 Å². The molecule has 0 saturated heterocycles. The average molecular weight is 448 g/mol. The summed E-state index contributed by atoms with van der Waals surface area (Å²) in [6, 6.07) is 4.29. The molecule has 0 atom stereocenters. The Hall–Kier alpha value is -3.28. The highest BCUT2D eigenvalue weighted by Crippen LogP contribution is 2.32. The summed E-state index contributed by atoms with van der Waals surface area (Å²) < 4.78 is 36.1. The third-order valence-electron chi connectivity index (χ3n) is 4.79. The Morgan fingerprint density at radius 1 is 1.19 bits per heavy atom. The predicted molar refractivity (Wildman–Crippen MR) is 106 cm³/mol. The molecule has 0 aliphatic heterocycles. The van der Waals surface area contributed by atoms with Crippen LogP contribution in [0.15, 0.2) is 34.8 Å². The van der Waals surface area contributed by atoms with Gasteiger partial charge in [0.25, 0.3) is 0 Å². The lowest BCUT2D eigenvalue weighted by Crippen LogP contribution is -2.25. The first kappa shape index (κ1) is 21.0. The molecule has 1 aromatic heterocycles. The second kappa shape index (κ2) is 8.10. The number of ether oxygens (including phenoxy) is 1. The fraction of sp³-hybridized carbons (Fsp3) is 0.421. The maximum Gasteiger partial charge on any atom is 0.364 e. The zero-order valence-corrected chi connectivity index (χ0v) is 17.5. The largest absolute Gasteiger partial charge is 0.427 e. The lowest BCUT2D eigenvalue weighted by molar-refractivity contribution is -0.115. The number of esters is 1. The van der Waals surface area contributed by atoms with E-state index in [1.807, 2.05) is 0 Å². The van der Waals surface area contributed by atoms with Crippen molar-refractivity contribution in [2.75, 3.05) is 6.26 Å². The maximum absolute atomic E-state index is 12.6. The van der Waals surface area contributed by atoms with Crippen LogP contribution in [0.4, 0.5) is 0 Å². The Balaban J connectivity index is 1.60. The summed E-state index contributed by atoms with van der Waals surface area (Å²) in [5.74, 6) is -1.00. The van der Waals surface area contributed by atoms with Gasteiger partial charge in [0.2, 0.25) is 0 Å². The first-order chi connectivity index (χ1) is 14.7. The minimum Gasteiger partial charge on any atom is -0.427 e. The second-order valence-corrected chi connectivity index (χ2v) is 9.11. The number of aromatic nitrogens is 4. The fourth-order valence-corrected chi connectivity index (χ4v) is 3.65. The fourth-order valence-electron chi connectivity index (χ4n) is 3.19. The van der Waals surface area contributed by atoms with E-state index in [1.54, 1.807) is 0 Å². The normalized spacial score (nSPS) is 16.7. The molecular weight excluding hydrogens is 428 g/mol. The summed E-state index contributed by atoms with van der Waals surface area (Å²) >= 11 is 0. The molecule has 1 aromatic carbocycles. The Kier molecular flexibility index (Phi) is 5.48. The van der Waals surface area contributed by atoms with Gasteiger partial charge < -0.3 is 8.92 Å². The van der Waals surface area contributed by atoms with Crippen LogP contribution in [0.3, 0.4) is 0 Å². The number of carbonyl (C=O) groups excluding carboxylic acids is 2. The Bertz CT molecular complexity index is 1240. The molecule has 11 nitrogen and oxygen atoms in total. The van der Waals surface area contributed by atoms with Gasteiger partial charge in [0.1, 0.15) is 11.3 Å². The van der Waals surface area contributed by atoms with E-state index in [1.165, 1.54) is 29.0 Å². The average Bonchev–Trinajstić information content (AvgIpc) is 3.45. The van der Waals surface area contributed by atoms with Gasteiger partial charge in [0.05, 0.1) is 18.8 Å². The quantitative estimate of drug-likeness (QED) is 0.447. The highest BCUT2D eigenvalue weighted by atomic mass is 32.2. The summed E-state index contributed by atoms with van der Waals surface area (Å²) in [5.41, 5.74) is -0.0141. The Morgan fingerprint density at radius 3 is 2.65 bits per heavy atom. The first-order valence-electron chi connectivity index (χ1n) is 9.70. The summed E-state index contributed by atoms with van der Waals surface area (Å²) in [6.45, 7) is 0.0145. The van der Waals surface area contributed by atoms with Crippen LogP contribution < -0.4 is 9.87 Å². The van der Waals surface area contributed by atoms with Gasteiger partial charge in [-0.3, -0.25) is 4.79 Å². The third-order valence-corrected chi connectivity index (χ3v) is 5.27. The summed E-state index contributed by atoms with van der Waals surface area (Å²) in [6.07, 6.45) is 5.26. The third kappa shape index (κ3) is 5.08. The Labute approximate surface area is 177 Å². The highest BCUT2D eigenvalue weighted by molar-refractivity contribution is 7.86. The molecule has 164 valence electrons. The monoisotopic (exact) mass is 448 g/mol. The number of carbonyl (C=O) groups is 2. The molecule has 0 radical (unpaired) electrons. The maximum atomic E-state index is 12.6. The van der Waals surface area contributed by atoms with Gasteiger partial charge in [0.15, 0.2) is 11.5 Å². The minimum atomic E-state index is -3.95. The van der Waals surface area contributed by atoms with Gasteiger partial charge >= 0.3 is 21.8 Å². The SMILES string of the molecule is CS(=O)(=O)Oc1cc(Cn2nnn(C3CC3)c2=O)ccc1C(=O)OC1=CC(=O)CCC1. The van der Waals surface area contributed by atoms with Crippen LogP contribution in [-0.4, -0.2) is 46.2 Å². The number of tetrazole rings is 1. The van der Waals surface area contributed by atoms with Crippen molar-refractivity contribution in [3.8, 4) is 5.75 Å². The van der Waals surface area contributed by atoms with Crippen LogP contribution in [0, 0.1) is 0 Å². The van der Waals surface area contributed by atoms with E-state index >= 15 is 0 Å². The number of allylic oxidation sites excluding steroid dienone is 2. The molecule has 1 fully saturated rings. The molecule has 31 heavy (non-hydrogen) atoms. The number of benzene rings is 1. The van der Waals surface area contributed by atoms with Gasteiger partial charge in [-0.25, -0.2) is 9.59 Å². The van der Waals surface area contributed by atoms with E-state index in [2.05, 4.69) is 10.4 Å². The van der Waals surface area contributed by atoms with Crippen molar-refractivity contribution in [1.82, 2.24) is 19.8 Å². The standard InChI is InChI=1S/C19H20N4O7S/c1-31(27,28)30-17-9-12(11-22-19(26)23(21-20-22)13-6-7-13)5-8-16(17)18(25)29-15-4-2-3-14(24)10-15/h5,8-10,13H,2-4,6-7,11H2,1H3. The van der Waals surface area contributed by atoms with Crippen molar-refractivity contribution >= 4 is 21.9 Å². The molecule has 4 rings (SSSR count). The molecule has 0 bridgehead atoms. The minimum absolute atomic E-state index is 0.0145. The van der Waals surface area contributed by atoms with E-state index in [0.29, 0.717) is 24.8 Å². The molecule has 1 heterocycles. The van der Waals surface area contributed by atoms with Gasteiger partial charge in [-0.2, -0.15) is 17.8 Å². The molecule has 12 heteroatoms. The van der Waals surface area contributed by atoms with Crippen molar-refractivity contribution in [1.29, 1.82) is 0 Å². The summed E-state index contributed by atoms with van der Waals surface area (Å²) in [5, 5.41) is 7.70. The van der Waals surface area contributed by atoms with Crippen LogP contribution in [-0.2, 0) is 26.2 Å². The van der Waals surface area contributed by atoms with Crippen LogP contribution in [0.2, 0.25) is 0 Å². The molecule has 0 spiro atoms. The van der Waals surface area contributed by atoms with E-state index < -0.39 is 16.1 Å².